The van der Waals surface area contributed by atoms with Gasteiger partial charge in [0.15, 0.2) is 0 Å². The third kappa shape index (κ3) is 6.26. The van der Waals surface area contributed by atoms with Crippen LogP contribution in [0.2, 0.25) is 5.02 Å². The van der Waals surface area contributed by atoms with Crippen LogP contribution in [0.5, 0.6) is 0 Å². The number of ether oxygens (including phenoxy) is 1. The number of hydrogen-bond donors (Lipinski definition) is 1. The summed E-state index contributed by atoms with van der Waals surface area (Å²) in [6.07, 6.45) is 3.69. The third-order valence-corrected chi connectivity index (χ3v) is 4.59. The summed E-state index contributed by atoms with van der Waals surface area (Å²) in [5, 5.41) is 7.44. The van der Waals surface area contributed by atoms with Gasteiger partial charge in [-0.3, -0.25) is 9.59 Å². The Morgan fingerprint density at radius 1 is 1.36 bits per heavy atom. The lowest BCUT2D eigenvalue weighted by Crippen LogP contribution is -2.37. The van der Waals surface area contributed by atoms with Crippen molar-refractivity contribution in [3.63, 3.8) is 0 Å². The van der Waals surface area contributed by atoms with Crippen molar-refractivity contribution in [3.05, 3.63) is 29.0 Å². The topological polar surface area (TPSA) is 83.0 Å². The van der Waals surface area contributed by atoms with Crippen molar-refractivity contribution in [2.75, 3.05) is 45.9 Å². The summed E-state index contributed by atoms with van der Waals surface area (Å²) in [5.74, 6) is 0.655. The molecule has 0 aliphatic carbocycles. The van der Waals surface area contributed by atoms with Gasteiger partial charge in [0, 0.05) is 39.0 Å². The Kier molecular flexibility index (Phi) is 8.11. The average molecular weight is 370 g/mol. The molecule has 1 amide bonds. The quantitative estimate of drug-likeness (QED) is 0.815. The zero-order valence-electron chi connectivity index (χ0n) is 14.1. The average Bonchev–Trinajstić information content (AvgIpc) is 3.00. The Balaban J connectivity index is 0.000000701. The lowest BCUT2D eigenvalue weighted by Gasteiger charge is -2.23. The fraction of sp³-hybridized carbons (Fsp3) is 0.588. The summed E-state index contributed by atoms with van der Waals surface area (Å²) in [4.78, 5) is 29.4. The van der Waals surface area contributed by atoms with Crippen LogP contribution in [0.15, 0.2) is 18.3 Å². The van der Waals surface area contributed by atoms with Crippen LogP contribution in [0.1, 0.15) is 23.3 Å². The first-order valence-electron chi connectivity index (χ1n) is 8.43. The number of halogens is 1. The van der Waals surface area contributed by atoms with Crippen LogP contribution >= 0.6 is 11.6 Å². The van der Waals surface area contributed by atoms with Gasteiger partial charge in [-0.1, -0.05) is 11.6 Å². The molecule has 2 aliphatic heterocycles. The number of carbonyl (C=O) groups excluding carboxylic acids is 1. The van der Waals surface area contributed by atoms with Gasteiger partial charge in [0.2, 0.25) is 0 Å². The number of nitrogens with zero attached hydrogens (tertiary/aromatic N) is 3. The normalized spacial score (nSPS) is 21.2. The van der Waals surface area contributed by atoms with E-state index >= 15 is 0 Å². The lowest BCUT2D eigenvalue weighted by molar-refractivity contribution is -0.122. The lowest BCUT2D eigenvalue weighted by atomic mass is 10.1. The van der Waals surface area contributed by atoms with E-state index < -0.39 is 0 Å². The van der Waals surface area contributed by atoms with Crippen LogP contribution in [0.25, 0.3) is 0 Å². The minimum Gasteiger partial charge on any atom is -0.483 e. The molecule has 3 rings (SSSR count). The molecule has 1 N–H and O–H groups in total. The molecule has 0 bridgehead atoms. The molecule has 1 atom stereocenters. The van der Waals surface area contributed by atoms with Gasteiger partial charge in [-0.05, 0) is 37.4 Å². The molecule has 138 valence electrons. The molecule has 2 aliphatic rings. The van der Waals surface area contributed by atoms with E-state index in [0.29, 0.717) is 16.6 Å². The number of aromatic nitrogens is 1. The second-order valence-electron chi connectivity index (χ2n) is 6.14. The van der Waals surface area contributed by atoms with Crippen molar-refractivity contribution in [2.45, 2.75) is 12.8 Å². The largest absolute Gasteiger partial charge is 0.483 e. The molecular weight excluding hydrogens is 346 g/mol. The fourth-order valence-electron chi connectivity index (χ4n) is 3.11. The molecule has 8 heteroatoms. The first-order chi connectivity index (χ1) is 12.1. The van der Waals surface area contributed by atoms with E-state index in [4.69, 9.17) is 26.2 Å². The van der Waals surface area contributed by atoms with Crippen molar-refractivity contribution in [1.82, 2.24) is 14.8 Å². The molecular formula is C17H24ClN3O4. The van der Waals surface area contributed by atoms with Crippen molar-refractivity contribution >= 4 is 24.0 Å². The molecule has 2 saturated heterocycles. The summed E-state index contributed by atoms with van der Waals surface area (Å²) in [5.41, 5.74) is 0.474. The molecule has 0 radical (unpaired) electrons. The SMILES string of the molecule is O=C(c1ccc(Cl)cn1)N1CCCN(CC2CCOC2)CC1.O=CO. The summed E-state index contributed by atoms with van der Waals surface area (Å²) >= 11 is 5.82. The van der Waals surface area contributed by atoms with Crippen molar-refractivity contribution in [3.8, 4) is 0 Å². The molecule has 3 heterocycles. The standard InChI is InChI=1S/C16H22ClN3O2.CH2O2/c17-14-2-3-15(18-10-14)16(21)20-6-1-5-19(7-8-20)11-13-4-9-22-12-13;2-1-3/h2-3,10,13H,1,4-9,11-12H2;1H,(H,2,3). The maximum absolute atomic E-state index is 12.5. The molecule has 25 heavy (non-hydrogen) atoms. The van der Waals surface area contributed by atoms with Gasteiger partial charge in [0.25, 0.3) is 12.4 Å². The Morgan fingerprint density at radius 3 is 2.80 bits per heavy atom. The van der Waals surface area contributed by atoms with Crippen molar-refractivity contribution in [1.29, 1.82) is 0 Å². The maximum Gasteiger partial charge on any atom is 0.290 e. The van der Waals surface area contributed by atoms with Gasteiger partial charge in [-0.2, -0.15) is 0 Å². The maximum atomic E-state index is 12.5. The van der Waals surface area contributed by atoms with Crippen LogP contribution in [-0.4, -0.2) is 78.2 Å². The van der Waals surface area contributed by atoms with Crippen LogP contribution in [-0.2, 0) is 9.53 Å². The summed E-state index contributed by atoms with van der Waals surface area (Å²) in [6.45, 7) is 6.14. The predicted octanol–water partition coefficient (Wildman–Crippen LogP) is 1.62. The van der Waals surface area contributed by atoms with E-state index in [1.165, 1.54) is 6.20 Å². The van der Waals surface area contributed by atoms with Crippen LogP contribution in [0.4, 0.5) is 0 Å². The molecule has 0 aromatic carbocycles. The number of pyridine rings is 1. The Hall–Kier alpha value is -1.70. The number of carboxylic acid groups (broad SMARTS) is 1. The smallest absolute Gasteiger partial charge is 0.290 e. The number of rotatable bonds is 3. The van der Waals surface area contributed by atoms with E-state index in [1.807, 2.05) is 4.90 Å². The molecule has 1 aromatic rings. The Labute approximate surface area is 152 Å². The minimum atomic E-state index is -0.250. The van der Waals surface area contributed by atoms with Crippen LogP contribution < -0.4 is 0 Å². The van der Waals surface area contributed by atoms with E-state index in [2.05, 4.69) is 9.88 Å². The highest BCUT2D eigenvalue weighted by Crippen LogP contribution is 2.16. The molecule has 2 fully saturated rings. The fourth-order valence-corrected chi connectivity index (χ4v) is 3.23. The van der Waals surface area contributed by atoms with Gasteiger partial charge in [-0.25, -0.2) is 4.98 Å². The van der Waals surface area contributed by atoms with E-state index in [0.717, 1.165) is 58.8 Å². The van der Waals surface area contributed by atoms with E-state index in [9.17, 15) is 4.79 Å². The second kappa shape index (κ2) is 10.3. The summed E-state index contributed by atoms with van der Waals surface area (Å²) in [6, 6.07) is 3.41. The van der Waals surface area contributed by atoms with Gasteiger partial charge < -0.3 is 19.6 Å². The zero-order chi connectivity index (χ0) is 18.1. The monoisotopic (exact) mass is 369 g/mol. The third-order valence-electron chi connectivity index (χ3n) is 4.36. The highest BCUT2D eigenvalue weighted by molar-refractivity contribution is 6.30. The number of hydrogen-bond acceptors (Lipinski definition) is 5. The predicted molar refractivity (Wildman–Crippen MR) is 93.8 cm³/mol. The molecule has 1 unspecified atom stereocenters. The van der Waals surface area contributed by atoms with E-state index in [-0.39, 0.29) is 12.4 Å². The van der Waals surface area contributed by atoms with E-state index in [1.54, 1.807) is 12.1 Å². The first-order valence-corrected chi connectivity index (χ1v) is 8.80. The Bertz CT molecular complexity index is 549. The molecule has 1 aromatic heterocycles. The van der Waals surface area contributed by atoms with Gasteiger partial charge in [-0.15, -0.1) is 0 Å². The van der Waals surface area contributed by atoms with Crippen LogP contribution in [0.3, 0.4) is 0 Å². The van der Waals surface area contributed by atoms with Gasteiger partial charge in [0.05, 0.1) is 11.6 Å². The number of amides is 1. The minimum absolute atomic E-state index is 0.00252. The van der Waals surface area contributed by atoms with Crippen LogP contribution in [0, 0.1) is 5.92 Å². The van der Waals surface area contributed by atoms with Gasteiger partial charge in [0.1, 0.15) is 5.69 Å². The molecule has 0 saturated carbocycles. The second-order valence-corrected chi connectivity index (χ2v) is 6.58. The van der Waals surface area contributed by atoms with Gasteiger partial charge >= 0.3 is 0 Å². The first kappa shape index (κ1) is 19.6. The Morgan fingerprint density at radius 2 is 2.16 bits per heavy atom. The highest BCUT2D eigenvalue weighted by Gasteiger charge is 2.24. The van der Waals surface area contributed by atoms with Crippen molar-refractivity contribution < 1.29 is 19.4 Å². The number of carbonyl (C=O) groups is 2. The summed E-state index contributed by atoms with van der Waals surface area (Å²) in [7, 11) is 0. The highest BCUT2D eigenvalue weighted by atomic mass is 35.5. The molecule has 0 spiro atoms. The molecule has 7 nitrogen and oxygen atoms in total. The summed E-state index contributed by atoms with van der Waals surface area (Å²) < 4.78 is 5.45. The van der Waals surface area contributed by atoms with Crippen molar-refractivity contribution in [2.24, 2.45) is 5.92 Å². The zero-order valence-corrected chi connectivity index (χ0v) is 14.9.